The number of rotatable bonds is 6. The third-order valence-corrected chi connectivity index (χ3v) is 3.08. The van der Waals surface area contributed by atoms with Crippen LogP contribution in [0.1, 0.15) is 46.6 Å². The van der Waals surface area contributed by atoms with Gasteiger partial charge in [-0.1, -0.05) is 46.8 Å². The number of likely N-dealkylation sites (N-methyl/N-ethyl adjacent to an activating group) is 1. The molecule has 102 valence electrons. The molecule has 0 fully saturated rings. The maximum atomic E-state index is 6.04. The fourth-order valence-corrected chi connectivity index (χ4v) is 1.80. The molecule has 1 rings (SSSR count). The third kappa shape index (κ3) is 4.69. The van der Waals surface area contributed by atoms with Crippen molar-refractivity contribution < 1.29 is 4.74 Å². The summed E-state index contributed by atoms with van der Waals surface area (Å²) in [6, 6.07) is 8.45. The topological polar surface area (TPSA) is 21.3 Å². The van der Waals surface area contributed by atoms with Gasteiger partial charge in [-0.25, -0.2) is 0 Å². The van der Waals surface area contributed by atoms with E-state index in [1.54, 1.807) is 0 Å². The van der Waals surface area contributed by atoms with E-state index in [0.29, 0.717) is 0 Å². The summed E-state index contributed by atoms with van der Waals surface area (Å²) in [5.41, 5.74) is 1.49. The summed E-state index contributed by atoms with van der Waals surface area (Å²) in [7, 11) is 0. The van der Waals surface area contributed by atoms with E-state index in [1.807, 2.05) is 6.07 Å². The molecule has 0 bridgehead atoms. The molecule has 1 aromatic carbocycles. The fourth-order valence-electron chi connectivity index (χ4n) is 1.80. The van der Waals surface area contributed by atoms with E-state index in [0.717, 1.165) is 25.3 Å². The van der Waals surface area contributed by atoms with Crippen LogP contribution in [0.25, 0.3) is 0 Å². The lowest BCUT2D eigenvalue weighted by molar-refractivity contribution is 0.194. The standard InChI is InChI=1S/C16H27NO/c1-6-14(12-17-7-2)18-15-10-8-9-13(11-15)16(3,4)5/h8-11,14,17H,6-7,12H2,1-5H3. The lowest BCUT2D eigenvalue weighted by Crippen LogP contribution is -2.30. The van der Waals surface area contributed by atoms with E-state index in [1.165, 1.54) is 5.56 Å². The second-order valence-electron chi connectivity index (χ2n) is 5.73. The van der Waals surface area contributed by atoms with Gasteiger partial charge in [0.15, 0.2) is 0 Å². The van der Waals surface area contributed by atoms with Gasteiger partial charge in [0.2, 0.25) is 0 Å². The van der Waals surface area contributed by atoms with Crippen LogP contribution in [-0.4, -0.2) is 19.2 Å². The van der Waals surface area contributed by atoms with Crippen LogP contribution < -0.4 is 10.1 Å². The van der Waals surface area contributed by atoms with Gasteiger partial charge in [0.1, 0.15) is 11.9 Å². The second-order valence-corrected chi connectivity index (χ2v) is 5.73. The van der Waals surface area contributed by atoms with Gasteiger partial charge in [-0.15, -0.1) is 0 Å². The molecule has 0 heterocycles. The summed E-state index contributed by atoms with van der Waals surface area (Å²) < 4.78 is 6.04. The van der Waals surface area contributed by atoms with Crippen molar-refractivity contribution in [3.8, 4) is 5.75 Å². The highest BCUT2D eigenvalue weighted by Crippen LogP contribution is 2.26. The van der Waals surface area contributed by atoms with Crippen LogP contribution in [0.2, 0.25) is 0 Å². The van der Waals surface area contributed by atoms with E-state index in [-0.39, 0.29) is 11.5 Å². The molecule has 0 amide bonds. The Morgan fingerprint density at radius 3 is 2.50 bits per heavy atom. The number of hydrogen-bond donors (Lipinski definition) is 1. The highest BCUT2D eigenvalue weighted by Gasteiger charge is 2.15. The summed E-state index contributed by atoms with van der Waals surface area (Å²) in [6.07, 6.45) is 1.27. The lowest BCUT2D eigenvalue weighted by Gasteiger charge is -2.22. The molecule has 1 unspecified atom stereocenters. The van der Waals surface area contributed by atoms with Crippen molar-refractivity contribution in [3.63, 3.8) is 0 Å². The van der Waals surface area contributed by atoms with Crippen LogP contribution in [0, 0.1) is 0 Å². The van der Waals surface area contributed by atoms with Crippen LogP contribution in [0.3, 0.4) is 0 Å². The third-order valence-electron chi connectivity index (χ3n) is 3.08. The number of hydrogen-bond acceptors (Lipinski definition) is 2. The first-order valence-electron chi connectivity index (χ1n) is 6.95. The Kier molecular flexibility index (Phi) is 5.67. The van der Waals surface area contributed by atoms with E-state index >= 15 is 0 Å². The van der Waals surface area contributed by atoms with Gasteiger partial charge in [0.25, 0.3) is 0 Å². The predicted molar refractivity (Wildman–Crippen MR) is 78.4 cm³/mol. The minimum absolute atomic E-state index is 0.169. The van der Waals surface area contributed by atoms with E-state index in [4.69, 9.17) is 4.74 Å². The molecule has 0 aliphatic rings. The Bertz CT molecular complexity index is 354. The van der Waals surface area contributed by atoms with Crippen LogP contribution in [0.15, 0.2) is 24.3 Å². The maximum absolute atomic E-state index is 6.04. The molecule has 1 atom stereocenters. The Morgan fingerprint density at radius 2 is 1.94 bits per heavy atom. The van der Waals surface area contributed by atoms with Crippen LogP contribution in [0.5, 0.6) is 5.75 Å². The van der Waals surface area contributed by atoms with E-state index in [9.17, 15) is 0 Å². The van der Waals surface area contributed by atoms with E-state index < -0.39 is 0 Å². The van der Waals surface area contributed by atoms with Crippen LogP contribution in [-0.2, 0) is 5.41 Å². The van der Waals surface area contributed by atoms with Gasteiger partial charge in [-0.2, -0.15) is 0 Å². The number of ether oxygens (including phenoxy) is 1. The largest absolute Gasteiger partial charge is 0.489 e. The van der Waals surface area contributed by atoms with Crippen molar-refractivity contribution in [1.82, 2.24) is 5.32 Å². The van der Waals surface area contributed by atoms with Gasteiger partial charge in [0.05, 0.1) is 0 Å². The zero-order valence-corrected chi connectivity index (χ0v) is 12.4. The summed E-state index contributed by atoms with van der Waals surface area (Å²) in [5.74, 6) is 0.979. The summed E-state index contributed by atoms with van der Waals surface area (Å²) in [4.78, 5) is 0. The summed E-state index contributed by atoms with van der Waals surface area (Å²) >= 11 is 0. The Balaban J connectivity index is 2.71. The minimum atomic E-state index is 0.169. The maximum Gasteiger partial charge on any atom is 0.120 e. The quantitative estimate of drug-likeness (QED) is 0.829. The first-order valence-corrected chi connectivity index (χ1v) is 6.95. The highest BCUT2D eigenvalue weighted by atomic mass is 16.5. The molecule has 2 heteroatoms. The normalized spacial score (nSPS) is 13.4. The Morgan fingerprint density at radius 1 is 1.22 bits per heavy atom. The van der Waals surface area contributed by atoms with Gasteiger partial charge in [-0.05, 0) is 36.1 Å². The number of benzene rings is 1. The van der Waals surface area contributed by atoms with Gasteiger partial charge >= 0.3 is 0 Å². The highest BCUT2D eigenvalue weighted by molar-refractivity contribution is 5.32. The van der Waals surface area contributed by atoms with Crippen molar-refractivity contribution in [3.05, 3.63) is 29.8 Å². The average Bonchev–Trinajstić information content (AvgIpc) is 2.33. The first kappa shape index (κ1) is 15.0. The Hall–Kier alpha value is -1.02. The minimum Gasteiger partial charge on any atom is -0.489 e. The van der Waals surface area contributed by atoms with Crippen LogP contribution in [0.4, 0.5) is 0 Å². The second kappa shape index (κ2) is 6.79. The molecule has 2 nitrogen and oxygen atoms in total. The molecule has 1 N–H and O–H groups in total. The van der Waals surface area contributed by atoms with Crippen molar-refractivity contribution in [1.29, 1.82) is 0 Å². The Labute approximate surface area is 112 Å². The fraction of sp³-hybridized carbons (Fsp3) is 0.625. The molecule has 18 heavy (non-hydrogen) atoms. The SMILES string of the molecule is CCNCC(CC)Oc1cccc(C(C)(C)C)c1. The van der Waals surface area contributed by atoms with Gasteiger partial charge in [-0.3, -0.25) is 0 Å². The van der Waals surface area contributed by atoms with Crippen molar-refractivity contribution in [2.75, 3.05) is 13.1 Å². The average molecular weight is 249 g/mol. The first-order chi connectivity index (χ1) is 8.47. The summed E-state index contributed by atoms with van der Waals surface area (Å²) in [6.45, 7) is 12.9. The van der Waals surface area contributed by atoms with Crippen molar-refractivity contribution in [2.24, 2.45) is 0 Å². The van der Waals surface area contributed by atoms with Gasteiger partial charge in [0, 0.05) is 6.54 Å². The monoisotopic (exact) mass is 249 g/mol. The lowest BCUT2D eigenvalue weighted by atomic mass is 9.87. The van der Waals surface area contributed by atoms with Crippen molar-refractivity contribution >= 4 is 0 Å². The molecular weight excluding hydrogens is 222 g/mol. The molecule has 0 saturated heterocycles. The summed E-state index contributed by atoms with van der Waals surface area (Å²) in [5, 5.41) is 3.34. The van der Waals surface area contributed by atoms with Gasteiger partial charge < -0.3 is 10.1 Å². The molecule has 0 saturated carbocycles. The number of nitrogens with one attached hydrogen (secondary N) is 1. The van der Waals surface area contributed by atoms with Crippen molar-refractivity contribution in [2.45, 2.75) is 52.6 Å². The molecule has 0 radical (unpaired) electrons. The molecule has 0 spiro atoms. The molecule has 0 aromatic heterocycles. The van der Waals surface area contributed by atoms with Crippen LogP contribution >= 0.6 is 0 Å². The zero-order valence-electron chi connectivity index (χ0n) is 12.4. The molecule has 0 aliphatic carbocycles. The van der Waals surface area contributed by atoms with E-state index in [2.05, 4.69) is 58.1 Å². The predicted octanol–water partition coefficient (Wildman–Crippen LogP) is 3.75. The zero-order chi connectivity index (χ0) is 13.6. The molecule has 0 aliphatic heterocycles. The smallest absolute Gasteiger partial charge is 0.120 e. The molecular formula is C16H27NO. The molecule has 1 aromatic rings.